The van der Waals surface area contributed by atoms with Crippen LogP contribution < -0.4 is 10.6 Å². The van der Waals surface area contributed by atoms with Crippen LogP contribution in [0, 0.1) is 10.1 Å². The van der Waals surface area contributed by atoms with Crippen LogP contribution in [0.25, 0.3) is 0 Å². The van der Waals surface area contributed by atoms with E-state index in [-0.39, 0.29) is 5.69 Å². The number of anilines is 2. The van der Waals surface area contributed by atoms with Gasteiger partial charge in [-0.05, 0) is 50.0 Å². The SMILES string of the molecule is O=[N+]([O-])c1ccc(NC(=S)Nc2nc3c(s2)CCCC3)cc1. The van der Waals surface area contributed by atoms with Gasteiger partial charge in [0.25, 0.3) is 5.69 Å². The minimum Gasteiger partial charge on any atom is -0.332 e. The van der Waals surface area contributed by atoms with Crippen molar-refractivity contribution in [3.05, 3.63) is 45.0 Å². The van der Waals surface area contributed by atoms with Crippen LogP contribution in [0.15, 0.2) is 24.3 Å². The van der Waals surface area contributed by atoms with Gasteiger partial charge in [0.05, 0.1) is 10.6 Å². The molecule has 22 heavy (non-hydrogen) atoms. The molecule has 2 N–H and O–H groups in total. The molecule has 0 bridgehead atoms. The summed E-state index contributed by atoms with van der Waals surface area (Å²) >= 11 is 6.90. The van der Waals surface area contributed by atoms with Crippen LogP contribution in [-0.4, -0.2) is 15.0 Å². The molecule has 0 saturated heterocycles. The number of nitrogens with one attached hydrogen (secondary N) is 2. The minimum absolute atomic E-state index is 0.0528. The Labute approximate surface area is 136 Å². The summed E-state index contributed by atoms with van der Waals surface area (Å²) in [6.45, 7) is 0. The number of aryl methyl sites for hydroxylation is 2. The van der Waals surface area contributed by atoms with Crippen molar-refractivity contribution < 1.29 is 4.92 Å². The van der Waals surface area contributed by atoms with Gasteiger partial charge in [-0.1, -0.05) is 0 Å². The lowest BCUT2D eigenvalue weighted by atomic mass is 10.0. The fourth-order valence-electron chi connectivity index (χ4n) is 2.33. The predicted molar refractivity (Wildman–Crippen MR) is 91.7 cm³/mol. The van der Waals surface area contributed by atoms with Crippen LogP contribution >= 0.6 is 23.6 Å². The Morgan fingerprint density at radius 1 is 1.23 bits per heavy atom. The molecule has 1 heterocycles. The molecule has 3 rings (SSSR count). The first-order valence-corrected chi connectivity index (χ1v) is 8.15. The lowest BCUT2D eigenvalue weighted by Crippen LogP contribution is -2.18. The third-order valence-electron chi connectivity index (χ3n) is 3.40. The standard InChI is InChI=1S/C14H14N4O2S2/c19-18(20)10-7-5-9(6-8-10)15-13(21)17-14-16-11-3-1-2-4-12(11)22-14/h5-8H,1-4H2,(H2,15,16,17,21). The molecular weight excluding hydrogens is 320 g/mol. The number of non-ortho nitro benzene ring substituents is 1. The number of nitrogens with zero attached hydrogens (tertiary/aromatic N) is 2. The van der Waals surface area contributed by atoms with E-state index in [1.54, 1.807) is 23.5 Å². The highest BCUT2D eigenvalue weighted by molar-refractivity contribution is 7.80. The molecule has 0 radical (unpaired) electrons. The number of hydrogen-bond donors (Lipinski definition) is 2. The summed E-state index contributed by atoms with van der Waals surface area (Å²) in [5.74, 6) is 0. The van der Waals surface area contributed by atoms with E-state index in [1.165, 1.54) is 35.5 Å². The Kier molecular flexibility index (Phi) is 4.30. The number of thiazole rings is 1. The largest absolute Gasteiger partial charge is 0.332 e. The van der Waals surface area contributed by atoms with Crippen molar-refractivity contribution in [2.24, 2.45) is 0 Å². The van der Waals surface area contributed by atoms with Crippen LogP contribution in [0.5, 0.6) is 0 Å². The van der Waals surface area contributed by atoms with E-state index in [2.05, 4.69) is 15.6 Å². The normalized spacial score (nSPS) is 13.3. The van der Waals surface area contributed by atoms with E-state index in [0.717, 1.165) is 18.0 Å². The first-order chi connectivity index (χ1) is 10.6. The van der Waals surface area contributed by atoms with Crippen molar-refractivity contribution in [2.75, 3.05) is 10.6 Å². The summed E-state index contributed by atoms with van der Waals surface area (Å²) in [5.41, 5.74) is 1.93. The van der Waals surface area contributed by atoms with Gasteiger partial charge in [0.15, 0.2) is 10.2 Å². The monoisotopic (exact) mass is 334 g/mol. The maximum Gasteiger partial charge on any atom is 0.269 e. The van der Waals surface area contributed by atoms with E-state index in [9.17, 15) is 10.1 Å². The molecule has 8 heteroatoms. The summed E-state index contributed by atoms with van der Waals surface area (Å²) in [5, 5.41) is 17.9. The van der Waals surface area contributed by atoms with Gasteiger partial charge in [0.1, 0.15) is 0 Å². The highest BCUT2D eigenvalue weighted by Crippen LogP contribution is 2.29. The summed E-state index contributed by atoms with van der Waals surface area (Å²) in [7, 11) is 0. The molecule has 0 atom stereocenters. The Morgan fingerprint density at radius 3 is 2.64 bits per heavy atom. The van der Waals surface area contributed by atoms with Crippen molar-refractivity contribution in [3.63, 3.8) is 0 Å². The van der Waals surface area contributed by atoms with Crippen molar-refractivity contribution in [2.45, 2.75) is 25.7 Å². The maximum atomic E-state index is 10.6. The number of hydrogen-bond acceptors (Lipinski definition) is 5. The number of fused-ring (bicyclic) bond motifs is 1. The van der Waals surface area contributed by atoms with E-state index in [4.69, 9.17) is 12.2 Å². The van der Waals surface area contributed by atoms with E-state index >= 15 is 0 Å². The van der Waals surface area contributed by atoms with Crippen LogP contribution in [-0.2, 0) is 12.8 Å². The topological polar surface area (TPSA) is 80.1 Å². The third kappa shape index (κ3) is 3.40. The zero-order chi connectivity index (χ0) is 15.5. The molecular formula is C14H14N4O2S2. The summed E-state index contributed by atoms with van der Waals surface area (Å²) in [4.78, 5) is 16.1. The first-order valence-electron chi connectivity index (χ1n) is 6.93. The van der Waals surface area contributed by atoms with Crippen LogP contribution in [0.4, 0.5) is 16.5 Å². The number of nitro groups is 1. The second kappa shape index (κ2) is 6.37. The highest BCUT2D eigenvalue weighted by Gasteiger charge is 2.15. The average molecular weight is 334 g/mol. The van der Waals surface area contributed by atoms with Crippen LogP contribution in [0.1, 0.15) is 23.4 Å². The Balaban J connectivity index is 1.62. The van der Waals surface area contributed by atoms with Gasteiger partial charge in [0.2, 0.25) is 0 Å². The summed E-state index contributed by atoms with van der Waals surface area (Å²) in [6, 6.07) is 6.12. The van der Waals surface area contributed by atoms with Gasteiger partial charge in [-0.3, -0.25) is 10.1 Å². The van der Waals surface area contributed by atoms with Crippen molar-refractivity contribution in [3.8, 4) is 0 Å². The lowest BCUT2D eigenvalue weighted by Gasteiger charge is -2.07. The molecule has 0 fully saturated rings. The van der Waals surface area contributed by atoms with Crippen molar-refractivity contribution >= 4 is 45.2 Å². The number of benzene rings is 1. The molecule has 6 nitrogen and oxygen atoms in total. The molecule has 0 spiro atoms. The highest BCUT2D eigenvalue weighted by atomic mass is 32.1. The van der Waals surface area contributed by atoms with Gasteiger partial charge < -0.3 is 10.6 Å². The van der Waals surface area contributed by atoms with E-state index in [0.29, 0.717) is 10.8 Å². The average Bonchev–Trinajstić information content (AvgIpc) is 2.89. The lowest BCUT2D eigenvalue weighted by molar-refractivity contribution is -0.384. The van der Waals surface area contributed by atoms with Crippen LogP contribution in [0.3, 0.4) is 0 Å². The van der Waals surface area contributed by atoms with E-state index < -0.39 is 4.92 Å². The van der Waals surface area contributed by atoms with E-state index in [1.807, 2.05) is 0 Å². The smallest absolute Gasteiger partial charge is 0.269 e. The molecule has 0 aliphatic heterocycles. The molecule has 0 saturated carbocycles. The molecule has 0 amide bonds. The molecule has 1 aliphatic carbocycles. The molecule has 0 unspecified atom stereocenters. The Morgan fingerprint density at radius 2 is 1.95 bits per heavy atom. The van der Waals surface area contributed by atoms with Crippen molar-refractivity contribution in [1.29, 1.82) is 0 Å². The zero-order valence-corrected chi connectivity index (χ0v) is 13.3. The van der Waals surface area contributed by atoms with Gasteiger partial charge >= 0.3 is 0 Å². The number of aromatic nitrogens is 1. The zero-order valence-electron chi connectivity index (χ0n) is 11.7. The summed E-state index contributed by atoms with van der Waals surface area (Å²) in [6.07, 6.45) is 4.55. The van der Waals surface area contributed by atoms with Gasteiger partial charge in [-0.15, -0.1) is 11.3 Å². The number of rotatable bonds is 3. The summed E-state index contributed by atoms with van der Waals surface area (Å²) < 4.78 is 0. The second-order valence-corrected chi connectivity index (χ2v) is 6.47. The molecule has 1 aromatic heterocycles. The van der Waals surface area contributed by atoms with Gasteiger partial charge in [-0.25, -0.2) is 4.98 Å². The maximum absolute atomic E-state index is 10.6. The van der Waals surface area contributed by atoms with Gasteiger partial charge in [-0.2, -0.15) is 0 Å². The molecule has 2 aromatic rings. The van der Waals surface area contributed by atoms with Crippen molar-refractivity contribution in [1.82, 2.24) is 4.98 Å². The fraction of sp³-hybridized carbons (Fsp3) is 0.286. The fourth-order valence-corrected chi connectivity index (χ4v) is 3.66. The quantitative estimate of drug-likeness (QED) is 0.506. The first kappa shape index (κ1) is 14.9. The predicted octanol–water partition coefficient (Wildman–Crippen LogP) is 3.74. The molecule has 114 valence electrons. The van der Waals surface area contributed by atoms with Gasteiger partial charge in [0, 0.05) is 22.7 Å². The Bertz CT molecular complexity index is 689. The number of nitro benzene ring substituents is 1. The Hall–Kier alpha value is -2.06. The minimum atomic E-state index is -0.430. The second-order valence-electron chi connectivity index (χ2n) is 4.98. The molecule has 1 aliphatic rings. The third-order valence-corrected chi connectivity index (χ3v) is 4.68. The molecule has 1 aromatic carbocycles. The number of thiocarbonyl (C=S) groups is 1. The van der Waals surface area contributed by atoms with Crippen LogP contribution in [0.2, 0.25) is 0 Å².